The Balaban J connectivity index is 2.35. The number of rotatable bonds is 6. The molecular formula is C19H19IO3. The van der Waals surface area contributed by atoms with E-state index in [9.17, 15) is 9.59 Å². The third-order valence-electron chi connectivity index (χ3n) is 3.85. The zero-order valence-electron chi connectivity index (χ0n) is 13.2. The smallest absolute Gasteiger partial charge is 0.305 e. The number of ketones is 1. The first kappa shape index (κ1) is 17.7. The Morgan fingerprint density at radius 2 is 1.87 bits per heavy atom. The molecular weight excluding hydrogens is 403 g/mol. The lowest BCUT2D eigenvalue weighted by Crippen LogP contribution is -2.16. The maximum atomic E-state index is 13.0. The summed E-state index contributed by atoms with van der Waals surface area (Å²) in [5, 5.41) is 0. The van der Waals surface area contributed by atoms with Gasteiger partial charge in [-0.25, -0.2) is 0 Å². The summed E-state index contributed by atoms with van der Waals surface area (Å²) in [5.41, 5.74) is 2.71. The molecule has 0 saturated heterocycles. The molecule has 0 fully saturated rings. The van der Waals surface area contributed by atoms with Gasteiger partial charge in [0.15, 0.2) is 5.78 Å². The van der Waals surface area contributed by atoms with Crippen molar-refractivity contribution in [3.8, 4) is 0 Å². The van der Waals surface area contributed by atoms with E-state index in [1.165, 1.54) is 7.11 Å². The summed E-state index contributed by atoms with van der Waals surface area (Å²) in [6.45, 7) is 1.99. The predicted octanol–water partition coefficient (Wildman–Crippen LogP) is 4.52. The van der Waals surface area contributed by atoms with Crippen molar-refractivity contribution >= 4 is 34.3 Å². The molecule has 0 aromatic heterocycles. The minimum Gasteiger partial charge on any atom is -0.469 e. The van der Waals surface area contributed by atoms with Crippen molar-refractivity contribution in [2.45, 2.75) is 25.7 Å². The van der Waals surface area contributed by atoms with Gasteiger partial charge in [-0.3, -0.25) is 9.59 Å². The van der Waals surface area contributed by atoms with Crippen LogP contribution in [0.3, 0.4) is 0 Å². The Labute approximate surface area is 150 Å². The number of halogens is 1. The topological polar surface area (TPSA) is 43.4 Å². The molecule has 0 heterocycles. The molecule has 0 aliphatic heterocycles. The molecule has 0 aliphatic carbocycles. The second-order valence-corrected chi connectivity index (χ2v) is 6.64. The number of methoxy groups -OCH3 is 1. The quantitative estimate of drug-likeness (QED) is 0.391. The van der Waals surface area contributed by atoms with E-state index in [0.717, 1.165) is 14.7 Å². The fourth-order valence-corrected chi connectivity index (χ4v) is 3.16. The van der Waals surface area contributed by atoms with Crippen molar-refractivity contribution in [1.82, 2.24) is 0 Å². The third-order valence-corrected chi connectivity index (χ3v) is 4.53. The predicted molar refractivity (Wildman–Crippen MR) is 98.7 cm³/mol. The molecule has 4 heteroatoms. The van der Waals surface area contributed by atoms with Crippen molar-refractivity contribution in [3.05, 3.63) is 68.8 Å². The number of benzene rings is 2. The number of hydrogen-bond donors (Lipinski definition) is 0. The van der Waals surface area contributed by atoms with Crippen LogP contribution in [0.2, 0.25) is 0 Å². The van der Waals surface area contributed by atoms with Gasteiger partial charge in [-0.1, -0.05) is 36.4 Å². The number of carbonyl (C=O) groups is 2. The van der Waals surface area contributed by atoms with Gasteiger partial charge in [0.2, 0.25) is 0 Å². The lowest BCUT2D eigenvalue weighted by atomic mass is 9.85. The molecule has 23 heavy (non-hydrogen) atoms. The monoisotopic (exact) mass is 422 g/mol. The molecule has 120 valence electrons. The summed E-state index contributed by atoms with van der Waals surface area (Å²) in [4.78, 5) is 24.5. The number of carbonyl (C=O) groups excluding carboxylic acids is 2. The summed E-state index contributed by atoms with van der Waals surface area (Å²) in [6, 6.07) is 15.4. The lowest BCUT2D eigenvalue weighted by molar-refractivity contribution is -0.140. The van der Waals surface area contributed by atoms with Gasteiger partial charge in [0.05, 0.1) is 7.11 Å². The van der Waals surface area contributed by atoms with Crippen molar-refractivity contribution in [1.29, 1.82) is 0 Å². The SMILES string of the molecule is COC(=O)CCC(C(=O)c1cccc(I)c1)c1ccccc1C. The van der Waals surface area contributed by atoms with Gasteiger partial charge >= 0.3 is 5.97 Å². The second kappa shape index (κ2) is 8.24. The fraction of sp³-hybridized carbons (Fsp3) is 0.263. The summed E-state index contributed by atoms with van der Waals surface area (Å²) in [6.07, 6.45) is 0.674. The molecule has 0 radical (unpaired) electrons. The third kappa shape index (κ3) is 4.64. The van der Waals surface area contributed by atoms with E-state index < -0.39 is 0 Å². The molecule has 2 aromatic rings. The molecule has 0 amide bonds. The molecule has 2 aromatic carbocycles. The van der Waals surface area contributed by atoms with E-state index in [-0.39, 0.29) is 24.1 Å². The Morgan fingerprint density at radius 3 is 2.52 bits per heavy atom. The van der Waals surface area contributed by atoms with Crippen LogP contribution in [0.5, 0.6) is 0 Å². The van der Waals surface area contributed by atoms with Crippen LogP contribution in [0.1, 0.15) is 40.2 Å². The standard InChI is InChI=1S/C19H19IO3/c1-13-6-3-4-9-16(13)17(10-11-18(21)23-2)19(22)14-7-5-8-15(20)12-14/h3-9,12,17H,10-11H2,1-2H3. The minimum absolute atomic E-state index is 0.0433. The second-order valence-electron chi connectivity index (χ2n) is 5.40. The number of esters is 1. The van der Waals surface area contributed by atoms with Crippen LogP contribution in [0, 0.1) is 10.5 Å². The van der Waals surface area contributed by atoms with E-state index in [1.807, 2.05) is 55.5 Å². The van der Waals surface area contributed by atoms with Crippen molar-refractivity contribution in [2.75, 3.05) is 7.11 Å². The summed E-state index contributed by atoms with van der Waals surface area (Å²) in [5.74, 6) is -0.589. The summed E-state index contributed by atoms with van der Waals surface area (Å²) < 4.78 is 5.74. The van der Waals surface area contributed by atoms with Gasteiger partial charge in [0.25, 0.3) is 0 Å². The summed E-state index contributed by atoms with van der Waals surface area (Å²) in [7, 11) is 1.37. The van der Waals surface area contributed by atoms with E-state index in [4.69, 9.17) is 4.74 Å². The largest absolute Gasteiger partial charge is 0.469 e. The Hall–Kier alpha value is -1.69. The molecule has 0 bridgehead atoms. The molecule has 1 unspecified atom stereocenters. The number of hydrogen-bond acceptors (Lipinski definition) is 3. The highest BCUT2D eigenvalue weighted by Crippen LogP contribution is 2.29. The Bertz CT molecular complexity index is 709. The number of aryl methyl sites for hydroxylation is 1. The zero-order chi connectivity index (χ0) is 16.8. The van der Waals surface area contributed by atoms with Crippen molar-refractivity contribution in [2.24, 2.45) is 0 Å². The van der Waals surface area contributed by atoms with E-state index in [2.05, 4.69) is 22.6 Å². The minimum atomic E-state index is -0.339. The fourth-order valence-electron chi connectivity index (χ4n) is 2.61. The molecule has 0 N–H and O–H groups in total. The van der Waals surface area contributed by atoms with E-state index in [1.54, 1.807) is 0 Å². The maximum Gasteiger partial charge on any atom is 0.305 e. The first-order chi connectivity index (χ1) is 11.0. The molecule has 0 aliphatic rings. The average Bonchev–Trinajstić information content (AvgIpc) is 2.56. The van der Waals surface area contributed by atoms with Gasteiger partial charge in [0, 0.05) is 21.5 Å². The Morgan fingerprint density at radius 1 is 1.13 bits per heavy atom. The van der Waals surface area contributed by atoms with Crippen LogP contribution in [0.4, 0.5) is 0 Å². The van der Waals surface area contributed by atoms with Gasteiger partial charge in [-0.2, -0.15) is 0 Å². The normalized spacial score (nSPS) is 11.8. The molecule has 0 saturated carbocycles. The average molecular weight is 422 g/mol. The lowest BCUT2D eigenvalue weighted by Gasteiger charge is -2.18. The van der Waals surface area contributed by atoms with Crippen LogP contribution in [-0.4, -0.2) is 18.9 Å². The van der Waals surface area contributed by atoms with Gasteiger partial charge in [-0.05, 0) is 59.2 Å². The number of Topliss-reactive ketones (excluding diaryl/α,β-unsaturated/α-hetero) is 1. The highest BCUT2D eigenvalue weighted by Gasteiger charge is 2.24. The maximum absolute atomic E-state index is 13.0. The van der Waals surface area contributed by atoms with E-state index >= 15 is 0 Å². The van der Waals surface area contributed by atoms with Crippen LogP contribution < -0.4 is 0 Å². The van der Waals surface area contributed by atoms with E-state index in [0.29, 0.717) is 12.0 Å². The van der Waals surface area contributed by atoms with Crippen molar-refractivity contribution < 1.29 is 14.3 Å². The van der Waals surface area contributed by atoms with Crippen LogP contribution >= 0.6 is 22.6 Å². The summed E-state index contributed by atoms with van der Waals surface area (Å²) >= 11 is 2.20. The molecule has 0 spiro atoms. The van der Waals surface area contributed by atoms with Gasteiger partial charge in [0.1, 0.15) is 0 Å². The highest BCUT2D eigenvalue weighted by molar-refractivity contribution is 14.1. The van der Waals surface area contributed by atoms with Gasteiger partial charge in [-0.15, -0.1) is 0 Å². The van der Waals surface area contributed by atoms with Crippen LogP contribution in [-0.2, 0) is 9.53 Å². The van der Waals surface area contributed by atoms with Gasteiger partial charge < -0.3 is 4.74 Å². The molecule has 3 nitrogen and oxygen atoms in total. The molecule has 2 rings (SSSR count). The van der Waals surface area contributed by atoms with Crippen molar-refractivity contribution in [3.63, 3.8) is 0 Å². The highest BCUT2D eigenvalue weighted by atomic mass is 127. The first-order valence-corrected chi connectivity index (χ1v) is 8.53. The Kier molecular flexibility index (Phi) is 6.33. The van der Waals surface area contributed by atoms with Crippen LogP contribution in [0.25, 0.3) is 0 Å². The molecule has 1 atom stereocenters. The zero-order valence-corrected chi connectivity index (χ0v) is 15.4. The van der Waals surface area contributed by atoms with Crippen LogP contribution in [0.15, 0.2) is 48.5 Å². The number of ether oxygens (including phenoxy) is 1. The first-order valence-electron chi connectivity index (χ1n) is 7.45.